The molecule has 0 aromatic carbocycles. The number of nitrogens with two attached hydrogens (primary N) is 1. The summed E-state index contributed by atoms with van der Waals surface area (Å²) >= 11 is 0. The second-order valence-corrected chi connectivity index (χ2v) is 4.86. The van der Waals surface area contributed by atoms with E-state index in [1.807, 2.05) is 0 Å². The van der Waals surface area contributed by atoms with Gasteiger partial charge in [0.15, 0.2) is 0 Å². The first-order valence-electron chi connectivity index (χ1n) is 5.00. The number of rotatable bonds is 2. The van der Waals surface area contributed by atoms with Gasteiger partial charge < -0.3 is 5.73 Å². The van der Waals surface area contributed by atoms with Gasteiger partial charge in [-0.1, -0.05) is 20.8 Å². The van der Waals surface area contributed by atoms with Gasteiger partial charge >= 0.3 is 0 Å². The molecule has 1 unspecified atom stereocenters. The van der Waals surface area contributed by atoms with Crippen molar-refractivity contribution in [3.8, 4) is 0 Å². The van der Waals surface area contributed by atoms with Gasteiger partial charge in [0, 0.05) is 12.6 Å². The maximum Gasteiger partial charge on any atom is 0.0266 e. The molecule has 12 heavy (non-hydrogen) atoms. The number of hydrogen-bond acceptors (Lipinski definition) is 2. The molecule has 0 aromatic heterocycles. The highest BCUT2D eigenvalue weighted by atomic mass is 15.2. The number of hydrogen-bond donors (Lipinski definition) is 1. The summed E-state index contributed by atoms with van der Waals surface area (Å²) in [4.78, 5) is 2.54. The molecule has 2 nitrogen and oxygen atoms in total. The van der Waals surface area contributed by atoms with Crippen LogP contribution in [0.1, 0.15) is 33.6 Å². The van der Waals surface area contributed by atoms with Crippen molar-refractivity contribution in [2.45, 2.75) is 39.7 Å². The molecule has 2 heteroatoms. The highest BCUT2D eigenvalue weighted by molar-refractivity contribution is 4.86. The fourth-order valence-electron chi connectivity index (χ4n) is 2.10. The molecule has 0 saturated carbocycles. The second kappa shape index (κ2) is 3.75. The molecule has 0 bridgehead atoms. The van der Waals surface area contributed by atoms with E-state index >= 15 is 0 Å². The SMILES string of the molecule is CC(C)(C)C(CN)N1CCCC1. The molecule has 1 saturated heterocycles. The van der Waals surface area contributed by atoms with Crippen LogP contribution >= 0.6 is 0 Å². The largest absolute Gasteiger partial charge is 0.329 e. The number of nitrogens with zero attached hydrogens (tertiary/aromatic N) is 1. The summed E-state index contributed by atoms with van der Waals surface area (Å²) < 4.78 is 0. The fourth-order valence-corrected chi connectivity index (χ4v) is 2.10. The molecule has 0 spiro atoms. The average Bonchev–Trinajstić information content (AvgIpc) is 2.38. The first-order valence-corrected chi connectivity index (χ1v) is 5.00. The second-order valence-electron chi connectivity index (χ2n) is 4.86. The first-order chi connectivity index (χ1) is 5.55. The summed E-state index contributed by atoms with van der Waals surface area (Å²) in [6.07, 6.45) is 2.71. The smallest absolute Gasteiger partial charge is 0.0266 e. The highest BCUT2D eigenvalue weighted by Gasteiger charge is 2.30. The Morgan fingerprint density at radius 2 is 1.75 bits per heavy atom. The summed E-state index contributed by atoms with van der Waals surface area (Å²) in [6, 6.07) is 0.569. The van der Waals surface area contributed by atoms with Crippen molar-refractivity contribution in [1.29, 1.82) is 0 Å². The van der Waals surface area contributed by atoms with Crippen LogP contribution in [0, 0.1) is 5.41 Å². The van der Waals surface area contributed by atoms with Crippen LogP contribution in [0.3, 0.4) is 0 Å². The Morgan fingerprint density at radius 3 is 2.08 bits per heavy atom. The minimum absolute atomic E-state index is 0.332. The molecule has 1 fully saturated rings. The zero-order valence-corrected chi connectivity index (χ0v) is 8.64. The Hall–Kier alpha value is -0.0800. The van der Waals surface area contributed by atoms with Gasteiger partial charge in [-0.15, -0.1) is 0 Å². The quantitative estimate of drug-likeness (QED) is 0.680. The van der Waals surface area contributed by atoms with E-state index in [9.17, 15) is 0 Å². The van der Waals surface area contributed by atoms with Crippen LogP contribution in [0.25, 0.3) is 0 Å². The lowest BCUT2D eigenvalue weighted by atomic mass is 9.86. The maximum absolute atomic E-state index is 5.80. The molecule has 0 radical (unpaired) electrons. The molecule has 72 valence electrons. The summed E-state index contributed by atoms with van der Waals surface area (Å²) in [6.45, 7) is 10.1. The van der Waals surface area contributed by atoms with Crippen molar-refractivity contribution in [1.82, 2.24) is 4.90 Å². The Kier molecular flexibility index (Phi) is 3.13. The van der Waals surface area contributed by atoms with Crippen molar-refractivity contribution >= 4 is 0 Å². The van der Waals surface area contributed by atoms with Crippen molar-refractivity contribution in [3.05, 3.63) is 0 Å². The Labute approximate surface area is 76.1 Å². The molecular weight excluding hydrogens is 148 g/mol. The van der Waals surface area contributed by atoms with Gasteiger partial charge in [0.05, 0.1) is 0 Å². The van der Waals surface area contributed by atoms with E-state index in [1.165, 1.54) is 25.9 Å². The lowest BCUT2D eigenvalue weighted by Crippen LogP contribution is -2.47. The number of likely N-dealkylation sites (tertiary alicyclic amines) is 1. The van der Waals surface area contributed by atoms with Gasteiger partial charge in [0.2, 0.25) is 0 Å². The van der Waals surface area contributed by atoms with Crippen molar-refractivity contribution in [3.63, 3.8) is 0 Å². The summed E-state index contributed by atoms with van der Waals surface area (Å²) in [7, 11) is 0. The zero-order chi connectivity index (χ0) is 9.19. The van der Waals surface area contributed by atoms with Crippen LogP contribution in [0.5, 0.6) is 0 Å². The molecular formula is C10H22N2. The molecule has 0 amide bonds. The molecule has 1 aliphatic rings. The Bertz CT molecular complexity index is 131. The maximum atomic E-state index is 5.80. The molecule has 0 aliphatic carbocycles. The van der Waals surface area contributed by atoms with E-state index in [1.54, 1.807) is 0 Å². The molecule has 1 rings (SSSR count). The average molecular weight is 170 g/mol. The third-order valence-electron chi connectivity index (χ3n) is 2.80. The van der Waals surface area contributed by atoms with Crippen LogP contribution in [0.15, 0.2) is 0 Å². The van der Waals surface area contributed by atoms with E-state index in [0.717, 1.165) is 6.54 Å². The Balaban J connectivity index is 2.54. The summed E-state index contributed by atoms with van der Waals surface area (Å²) in [5.74, 6) is 0. The molecule has 1 atom stereocenters. The zero-order valence-electron chi connectivity index (χ0n) is 8.64. The van der Waals surface area contributed by atoms with Gasteiger partial charge in [0.1, 0.15) is 0 Å². The van der Waals surface area contributed by atoms with Crippen molar-refractivity contribution < 1.29 is 0 Å². The van der Waals surface area contributed by atoms with E-state index in [2.05, 4.69) is 25.7 Å². The molecule has 1 aliphatic heterocycles. The van der Waals surface area contributed by atoms with Crippen molar-refractivity contribution in [2.75, 3.05) is 19.6 Å². The topological polar surface area (TPSA) is 29.3 Å². The van der Waals surface area contributed by atoms with Gasteiger partial charge in [-0.2, -0.15) is 0 Å². The lowest BCUT2D eigenvalue weighted by Gasteiger charge is -2.37. The predicted octanol–water partition coefficient (Wildman–Crippen LogP) is 1.46. The molecule has 1 heterocycles. The van der Waals surface area contributed by atoms with Crippen molar-refractivity contribution in [2.24, 2.45) is 11.1 Å². The van der Waals surface area contributed by atoms with Crippen LogP contribution in [0.4, 0.5) is 0 Å². The van der Waals surface area contributed by atoms with Gasteiger partial charge in [-0.25, -0.2) is 0 Å². The fraction of sp³-hybridized carbons (Fsp3) is 1.00. The van der Waals surface area contributed by atoms with E-state index in [4.69, 9.17) is 5.73 Å². The van der Waals surface area contributed by atoms with E-state index in [-0.39, 0.29) is 0 Å². The molecule has 0 aromatic rings. The van der Waals surface area contributed by atoms with Crippen LogP contribution in [0.2, 0.25) is 0 Å². The third-order valence-corrected chi connectivity index (χ3v) is 2.80. The minimum Gasteiger partial charge on any atom is -0.329 e. The van der Waals surface area contributed by atoms with Gasteiger partial charge in [-0.05, 0) is 31.3 Å². The van der Waals surface area contributed by atoms with Crippen LogP contribution in [-0.2, 0) is 0 Å². The van der Waals surface area contributed by atoms with Gasteiger partial charge in [0.25, 0.3) is 0 Å². The standard InChI is InChI=1S/C10H22N2/c1-10(2,3)9(8-11)12-6-4-5-7-12/h9H,4-8,11H2,1-3H3. The monoisotopic (exact) mass is 170 g/mol. The predicted molar refractivity (Wildman–Crippen MR) is 53.1 cm³/mol. The minimum atomic E-state index is 0.332. The third kappa shape index (κ3) is 2.20. The Morgan fingerprint density at radius 1 is 1.25 bits per heavy atom. The molecule has 2 N–H and O–H groups in total. The highest BCUT2D eigenvalue weighted by Crippen LogP contribution is 2.26. The van der Waals surface area contributed by atoms with Crippen LogP contribution in [-0.4, -0.2) is 30.6 Å². The van der Waals surface area contributed by atoms with Gasteiger partial charge in [-0.3, -0.25) is 4.90 Å². The van der Waals surface area contributed by atoms with E-state index in [0.29, 0.717) is 11.5 Å². The normalized spacial score (nSPS) is 23.0. The summed E-state index contributed by atoms with van der Waals surface area (Å²) in [5.41, 5.74) is 6.13. The summed E-state index contributed by atoms with van der Waals surface area (Å²) in [5, 5.41) is 0. The first kappa shape index (κ1) is 10.0. The van der Waals surface area contributed by atoms with E-state index < -0.39 is 0 Å². The van der Waals surface area contributed by atoms with Crippen LogP contribution < -0.4 is 5.73 Å². The lowest BCUT2D eigenvalue weighted by molar-refractivity contribution is 0.131.